The van der Waals surface area contributed by atoms with Crippen molar-refractivity contribution in [2.24, 2.45) is 4.99 Å². The summed E-state index contributed by atoms with van der Waals surface area (Å²) in [5.41, 5.74) is 2.02. The molecule has 0 aliphatic carbocycles. The third kappa shape index (κ3) is 3.82. The Morgan fingerprint density at radius 3 is 2.53 bits per heavy atom. The van der Waals surface area contributed by atoms with Gasteiger partial charge in [-0.3, -0.25) is 0 Å². The van der Waals surface area contributed by atoms with Crippen LogP contribution in [0.2, 0.25) is 0 Å². The number of nitrogens with zero attached hydrogens (tertiary/aromatic N) is 1. The maximum Gasteiger partial charge on any atom is 0.240 e. The molecule has 19 heavy (non-hydrogen) atoms. The molecule has 0 fully saturated rings. The Hall–Kier alpha value is -1.83. The minimum Gasteiger partial charge on any atom is -0.211 e. The molecule has 0 aliphatic heterocycles. The normalized spacial score (nSPS) is 9.95. The average Bonchev–Trinajstić information content (AvgIpc) is 2.44. The number of aliphatic imine (C=N–C) groups is 1. The van der Waals surface area contributed by atoms with Gasteiger partial charge in [-0.15, -0.1) is 0 Å². The lowest BCUT2D eigenvalue weighted by Gasteiger charge is -2.05. The molecule has 0 radical (unpaired) electrons. The molecule has 2 aromatic rings. The van der Waals surface area contributed by atoms with Crippen molar-refractivity contribution in [2.75, 3.05) is 0 Å². The number of rotatable bonds is 5. The van der Waals surface area contributed by atoms with Crippen LogP contribution in [0.1, 0.15) is 18.9 Å². The van der Waals surface area contributed by atoms with Gasteiger partial charge in [-0.05, 0) is 36.2 Å². The zero-order valence-electron chi connectivity index (χ0n) is 10.8. The number of hydrogen-bond donors (Lipinski definition) is 0. The van der Waals surface area contributed by atoms with E-state index in [1.54, 1.807) is 17.8 Å². The van der Waals surface area contributed by atoms with Crippen molar-refractivity contribution in [2.45, 2.75) is 29.6 Å². The van der Waals surface area contributed by atoms with E-state index in [1.165, 1.54) is 5.56 Å². The van der Waals surface area contributed by atoms with Gasteiger partial charge in [0, 0.05) is 9.79 Å². The van der Waals surface area contributed by atoms with E-state index in [0.29, 0.717) is 5.69 Å². The summed E-state index contributed by atoms with van der Waals surface area (Å²) >= 11 is 1.61. The third-order valence-electron chi connectivity index (χ3n) is 2.72. The fourth-order valence-electron chi connectivity index (χ4n) is 1.82. The van der Waals surface area contributed by atoms with Crippen molar-refractivity contribution in [3.63, 3.8) is 0 Å². The summed E-state index contributed by atoms with van der Waals surface area (Å²) in [7, 11) is 0. The predicted octanol–water partition coefficient (Wildman–Crippen LogP) is 4.76. The fraction of sp³-hybridized carbons (Fsp3) is 0.188. The van der Waals surface area contributed by atoms with Crippen molar-refractivity contribution in [1.82, 2.24) is 0 Å². The lowest BCUT2D eigenvalue weighted by molar-refractivity contribution is 0.565. The van der Waals surface area contributed by atoms with Crippen LogP contribution in [0.4, 0.5) is 5.69 Å². The summed E-state index contributed by atoms with van der Waals surface area (Å²) < 4.78 is 0. The van der Waals surface area contributed by atoms with Gasteiger partial charge in [-0.1, -0.05) is 49.4 Å². The van der Waals surface area contributed by atoms with Gasteiger partial charge in [0.25, 0.3) is 0 Å². The first kappa shape index (κ1) is 13.6. The van der Waals surface area contributed by atoms with Crippen LogP contribution in [0.3, 0.4) is 0 Å². The quantitative estimate of drug-likeness (QED) is 0.578. The van der Waals surface area contributed by atoms with Crippen LogP contribution >= 0.6 is 11.8 Å². The highest BCUT2D eigenvalue weighted by atomic mass is 32.2. The molecular formula is C16H15NOS. The summed E-state index contributed by atoms with van der Waals surface area (Å²) in [6, 6.07) is 16.1. The van der Waals surface area contributed by atoms with Gasteiger partial charge >= 0.3 is 0 Å². The van der Waals surface area contributed by atoms with Gasteiger partial charge in [-0.25, -0.2) is 4.79 Å². The molecule has 0 heterocycles. The number of para-hydroxylation sites is 1. The largest absolute Gasteiger partial charge is 0.240 e. The topological polar surface area (TPSA) is 29.4 Å². The van der Waals surface area contributed by atoms with E-state index in [-0.39, 0.29) is 0 Å². The molecule has 2 aromatic carbocycles. The molecule has 0 aliphatic rings. The van der Waals surface area contributed by atoms with Crippen LogP contribution in [0.25, 0.3) is 0 Å². The van der Waals surface area contributed by atoms with Crippen molar-refractivity contribution in [3.05, 3.63) is 54.1 Å². The Kier molecular flexibility index (Phi) is 4.96. The monoisotopic (exact) mass is 269 g/mol. The van der Waals surface area contributed by atoms with E-state index >= 15 is 0 Å². The molecule has 0 aromatic heterocycles. The van der Waals surface area contributed by atoms with E-state index in [4.69, 9.17) is 0 Å². The molecular weight excluding hydrogens is 254 g/mol. The molecule has 0 saturated heterocycles. The molecule has 0 saturated carbocycles. The van der Waals surface area contributed by atoms with E-state index in [0.717, 1.165) is 22.6 Å². The Balaban J connectivity index is 2.19. The summed E-state index contributed by atoms with van der Waals surface area (Å²) in [5.74, 6) is 0. The molecule has 0 spiro atoms. The van der Waals surface area contributed by atoms with Gasteiger partial charge in [0.05, 0.1) is 5.69 Å². The molecule has 0 atom stereocenters. The second-order valence-corrected chi connectivity index (χ2v) is 5.28. The summed E-state index contributed by atoms with van der Waals surface area (Å²) in [6.07, 6.45) is 3.86. The van der Waals surface area contributed by atoms with Gasteiger partial charge in [0.15, 0.2) is 0 Å². The molecule has 0 N–H and O–H groups in total. The zero-order valence-corrected chi connectivity index (χ0v) is 11.6. The summed E-state index contributed by atoms with van der Waals surface area (Å²) in [5, 5.41) is 0. The maximum atomic E-state index is 10.4. The molecule has 96 valence electrons. The minimum atomic E-state index is 0.667. The first-order chi connectivity index (χ1) is 9.33. The Morgan fingerprint density at radius 2 is 1.84 bits per heavy atom. The Labute approximate surface area is 117 Å². The van der Waals surface area contributed by atoms with Crippen LogP contribution in [-0.4, -0.2) is 6.08 Å². The molecule has 2 nitrogen and oxygen atoms in total. The minimum absolute atomic E-state index is 0.667. The molecule has 3 heteroatoms. The maximum absolute atomic E-state index is 10.4. The highest BCUT2D eigenvalue weighted by Crippen LogP contribution is 2.34. The fourth-order valence-corrected chi connectivity index (χ4v) is 2.72. The van der Waals surface area contributed by atoms with E-state index in [2.05, 4.69) is 36.2 Å². The van der Waals surface area contributed by atoms with Crippen LogP contribution in [0.15, 0.2) is 63.3 Å². The SMILES string of the molecule is CCCc1ccc(Sc2ccccc2N=C=O)cc1. The number of aryl methyl sites for hydroxylation is 1. The molecule has 2 rings (SSSR count). The number of carbonyl (C=O) groups excluding carboxylic acids is 1. The van der Waals surface area contributed by atoms with E-state index in [1.807, 2.05) is 24.3 Å². The van der Waals surface area contributed by atoms with Crippen LogP contribution in [-0.2, 0) is 11.2 Å². The molecule has 0 unspecified atom stereocenters. The van der Waals surface area contributed by atoms with Crippen molar-refractivity contribution in [1.29, 1.82) is 0 Å². The Morgan fingerprint density at radius 1 is 1.11 bits per heavy atom. The van der Waals surface area contributed by atoms with E-state index in [9.17, 15) is 4.79 Å². The first-order valence-corrected chi connectivity index (χ1v) is 7.09. The number of hydrogen-bond acceptors (Lipinski definition) is 3. The van der Waals surface area contributed by atoms with Crippen molar-refractivity contribution < 1.29 is 4.79 Å². The molecule has 0 amide bonds. The second kappa shape index (κ2) is 6.93. The highest BCUT2D eigenvalue weighted by molar-refractivity contribution is 7.99. The lowest BCUT2D eigenvalue weighted by Crippen LogP contribution is -1.82. The second-order valence-electron chi connectivity index (χ2n) is 4.17. The van der Waals surface area contributed by atoms with Crippen molar-refractivity contribution in [3.8, 4) is 0 Å². The zero-order chi connectivity index (χ0) is 13.5. The summed E-state index contributed by atoms with van der Waals surface area (Å²) in [6.45, 7) is 2.18. The predicted molar refractivity (Wildman–Crippen MR) is 78.8 cm³/mol. The van der Waals surface area contributed by atoms with Crippen molar-refractivity contribution >= 4 is 23.5 Å². The average molecular weight is 269 g/mol. The van der Waals surface area contributed by atoms with Gasteiger partial charge in [-0.2, -0.15) is 4.99 Å². The van der Waals surface area contributed by atoms with Crippen LogP contribution < -0.4 is 0 Å². The summed E-state index contributed by atoms with van der Waals surface area (Å²) in [4.78, 5) is 16.2. The Bertz CT molecular complexity index is 586. The number of benzene rings is 2. The van der Waals surface area contributed by atoms with Crippen LogP contribution in [0, 0.1) is 0 Å². The smallest absolute Gasteiger partial charge is 0.211 e. The number of isocyanates is 1. The van der Waals surface area contributed by atoms with Gasteiger partial charge in [0.1, 0.15) is 0 Å². The standard InChI is InChI=1S/C16H15NOS/c1-2-5-13-8-10-14(11-9-13)19-16-7-4-3-6-15(16)17-12-18/h3-4,6-11H,2,5H2,1H3. The third-order valence-corrected chi connectivity index (χ3v) is 3.79. The van der Waals surface area contributed by atoms with Gasteiger partial charge in [0.2, 0.25) is 6.08 Å². The highest BCUT2D eigenvalue weighted by Gasteiger charge is 2.03. The lowest BCUT2D eigenvalue weighted by atomic mass is 10.1. The van der Waals surface area contributed by atoms with Gasteiger partial charge < -0.3 is 0 Å². The van der Waals surface area contributed by atoms with Crippen LogP contribution in [0.5, 0.6) is 0 Å². The first-order valence-electron chi connectivity index (χ1n) is 6.27. The van der Waals surface area contributed by atoms with E-state index < -0.39 is 0 Å². The molecule has 0 bridgehead atoms.